The predicted molar refractivity (Wildman–Crippen MR) is 118 cm³/mol. The lowest BCUT2D eigenvalue weighted by Gasteiger charge is -2.17. The molecule has 0 fully saturated rings. The van der Waals surface area contributed by atoms with E-state index in [2.05, 4.69) is 5.32 Å². The minimum Gasteiger partial charge on any atom is -0.322 e. The molecule has 0 spiro atoms. The van der Waals surface area contributed by atoms with Gasteiger partial charge in [-0.25, -0.2) is 0 Å². The number of amides is 2. The Hall–Kier alpha value is -3.44. The molecule has 1 aromatic heterocycles. The Bertz CT molecular complexity index is 1230. The van der Waals surface area contributed by atoms with Gasteiger partial charge < -0.3 is 10.2 Å². The van der Waals surface area contributed by atoms with Crippen LogP contribution in [0.2, 0.25) is 0 Å². The van der Waals surface area contributed by atoms with Crippen LogP contribution in [0.15, 0.2) is 78.2 Å². The molecule has 0 saturated carbocycles. The van der Waals surface area contributed by atoms with Crippen molar-refractivity contribution in [1.29, 1.82) is 0 Å². The third-order valence-corrected chi connectivity index (χ3v) is 6.10. The number of hydrogen-bond acceptors (Lipinski definition) is 3. The van der Waals surface area contributed by atoms with Gasteiger partial charge in [-0.2, -0.15) is 0 Å². The van der Waals surface area contributed by atoms with Gasteiger partial charge in [0.15, 0.2) is 0 Å². The second kappa shape index (κ2) is 7.18. The average Bonchev–Trinajstić information content (AvgIpc) is 3.43. The highest BCUT2D eigenvalue weighted by atomic mass is 32.1. The van der Waals surface area contributed by atoms with Gasteiger partial charge in [0.2, 0.25) is 0 Å². The summed E-state index contributed by atoms with van der Waals surface area (Å²) >= 11 is 1.45. The summed E-state index contributed by atoms with van der Waals surface area (Å²) in [6, 6.07) is 23.1. The molecule has 1 N–H and O–H groups in total. The fraction of sp³-hybridized carbons (Fsp3) is 0.0833. The second-order valence-corrected chi connectivity index (χ2v) is 7.96. The van der Waals surface area contributed by atoms with Crippen molar-refractivity contribution in [1.82, 2.24) is 0 Å². The van der Waals surface area contributed by atoms with Gasteiger partial charge in [0.25, 0.3) is 11.8 Å². The molecule has 0 bridgehead atoms. The standard InChI is InChI=1S/C24H18N2O2S/c27-23(20-8-3-6-16-5-1-2-7-19(16)20)25-18-10-11-21-17(15-18)12-13-26(21)24(28)22-9-4-14-29-22/h1-11,14-15H,12-13H2,(H,25,27). The molecule has 0 radical (unpaired) electrons. The maximum absolute atomic E-state index is 12.9. The molecule has 5 rings (SSSR count). The number of nitrogens with zero attached hydrogens (tertiary/aromatic N) is 1. The van der Waals surface area contributed by atoms with Crippen molar-refractivity contribution >= 4 is 45.3 Å². The van der Waals surface area contributed by atoms with Crippen LogP contribution >= 0.6 is 11.3 Å². The zero-order chi connectivity index (χ0) is 19.8. The summed E-state index contributed by atoms with van der Waals surface area (Å²) in [5.74, 6) is -0.0995. The number of benzene rings is 3. The van der Waals surface area contributed by atoms with Gasteiger partial charge in [-0.3, -0.25) is 9.59 Å². The van der Waals surface area contributed by atoms with Gasteiger partial charge >= 0.3 is 0 Å². The number of fused-ring (bicyclic) bond motifs is 2. The van der Waals surface area contributed by atoms with E-state index in [4.69, 9.17) is 0 Å². The molecule has 3 aromatic carbocycles. The zero-order valence-electron chi connectivity index (χ0n) is 15.6. The summed E-state index contributed by atoms with van der Waals surface area (Å²) in [7, 11) is 0. The van der Waals surface area contributed by atoms with Crippen molar-refractivity contribution in [2.45, 2.75) is 6.42 Å². The highest BCUT2D eigenvalue weighted by molar-refractivity contribution is 7.12. The van der Waals surface area contributed by atoms with Crippen LogP contribution in [0.3, 0.4) is 0 Å². The Morgan fingerprint density at radius 3 is 2.66 bits per heavy atom. The number of hydrogen-bond donors (Lipinski definition) is 1. The van der Waals surface area contributed by atoms with Crippen LogP contribution in [-0.2, 0) is 6.42 Å². The SMILES string of the molecule is O=C(Nc1ccc2c(c1)CCN2C(=O)c1cccs1)c1cccc2ccccc12. The fourth-order valence-corrected chi connectivity index (χ4v) is 4.52. The molecule has 29 heavy (non-hydrogen) atoms. The van der Waals surface area contributed by atoms with Gasteiger partial charge in [0, 0.05) is 23.5 Å². The third kappa shape index (κ3) is 3.19. The lowest BCUT2D eigenvalue weighted by molar-refractivity contribution is 0.0991. The van der Waals surface area contributed by atoms with Crippen LogP contribution in [0.1, 0.15) is 25.6 Å². The molecule has 2 amide bonds. The molecule has 0 aliphatic carbocycles. The molecule has 2 heterocycles. The van der Waals surface area contributed by atoms with E-state index >= 15 is 0 Å². The van der Waals surface area contributed by atoms with Crippen LogP contribution in [0.25, 0.3) is 10.8 Å². The topological polar surface area (TPSA) is 49.4 Å². The van der Waals surface area contributed by atoms with Gasteiger partial charge in [-0.15, -0.1) is 11.3 Å². The first-order valence-corrected chi connectivity index (χ1v) is 10.4. The quantitative estimate of drug-likeness (QED) is 0.505. The lowest BCUT2D eigenvalue weighted by Crippen LogP contribution is -2.28. The molecule has 5 heteroatoms. The minimum absolute atomic E-state index is 0.0336. The number of carbonyl (C=O) groups excluding carboxylic acids is 2. The highest BCUT2D eigenvalue weighted by Crippen LogP contribution is 2.32. The van der Waals surface area contributed by atoms with Gasteiger partial charge in [-0.1, -0.05) is 42.5 Å². The molecule has 0 atom stereocenters. The van der Waals surface area contributed by atoms with E-state index < -0.39 is 0 Å². The van der Waals surface area contributed by atoms with Crippen LogP contribution in [0, 0.1) is 0 Å². The fourth-order valence-electron chi connectivity index (χ4n) is 3.85. The molecular formula is C24H18N2O2S. The summed E-state index contributed by atoms with van der Waals surface area (Å²) in [5.41, 5.74) is 3.39. The van der Waals surface area contributed by atoms with Gasteiger partial charge in [-0.05, 0) is 58.5 Å². The Balaban J connectivity index is 1.40. The Morgan fingerprint density at radius 2 is 1.79 bits per heavy atom. The largest absolute Gasteiger partial charge is 0.322 e. The van der Waals surface area contributed by atoms with Gasteiger partial charge in [0.1, 0.15) is 0 Å². The summed E-state index contributed by atoms with van der Waals surface area (Å²) in [6.07, 6.45) is 0.782. The first-order valence-electron chi connectivity index (χ1n) is 9.48. The Morgan fingerprint density at radius 1 is 0.931 bits per heavy atom. The van der Waals surface area contributed by atoms with E-state index in [1.54, 1.807) is 0 Å². The Kier molecular flexibility index (Phi) is 4.37. The van der Waals surface area contributed by atoms with Crippen molar-refractivity contribution < 1.29 is 9.59 Å². The smallest absolute Gasteiger partial charge is 0.268 e. The van der Waals surface area contributed by atoms with E-state index in [0.29, 0.717) is 12.1 Å². The van der Waals surface area contributed by atoms with Crippen LogP contribution < -0.4 is 10.2 Å². The number of rotatable bonds is 3. The lowest BCUT2D eigenvalue weighted by atomic mass is 10.0. The third-order valence-electron chi connectivity index (χ3n) is 5.24. The summed E-state index contributed by atoms with van der Waals surface area (Å²) in [4.78, 5) is 28.2. The van der Waals surface area contributed by atoms with E-state index in [9.17, 15) is 9.59 Å². The first kappa shape index (κ1) is 17.6. The van der Waals surface area contributed by atoms with Crippen molar-refractivity contribution in [3.05, 3.63) is 94.2 Å². The van der Waals surface area contributed by atoms with Crippen molar-refractivity contribution in [2.75, 3.05) is 16.8 Å². The number of carbonyl (C=O) groups is 2. The Labute approximate surface area is 172 Å². The molecule has 1 aliphatic heterocycles. The highest BCUT2D eigenvalue weighted by Gasteiger charge is 2.26. The number of thiophene rings is 1. The van der Waals surface area contributed by atoms with E-state index in [1.165, 1.54) is 11.3 Å². The summed E-state index contributed by atoms with van der Waals surface area (Å²) in [6.45, 7) is 0.660. The normalized spacial score (nSPS) is 12.8. The molecule has 4 aromatic rings. The minimum atomic E-state index is -0.133. The number of nitrogens with one attached hydrogen (secondary N) is 1. The molecule has 142 valence electrons. The van der Waals surface area contributed by atoms with Crippen molar-refractivity contribution in [3.63, 3.8) is 0 Å². The monoisotopic (exact) mass is 398 g/mol. The van der Waals surface area contributed by atoms with E-state index in [1.807, 2.05) is 83.1 Å². The predicted octanol–water partition coefficient (Wildman–Crippen LogP) is 5.36. The van der Waals surface area contributed by atoms with Crippen molar-refractivity contribution in [2.24, 2.45) is 0 Å². The maximum atomic E-state index is 12.9. The molecule has 1 aliphatic rings. The molecular weight excluding hydrogens is 380 g/mol. The van der Waals surface area contributed by atoms with E-state index in [0.717, 1.165) is 39.0 Å². The number of anilines is 2. The van der Waals surface area contributed by atoms with Gasteiger partial charge in [0.05, 0.1) is 4.88 Å². The summed E-state index contributed by atoms with van der Waals surface area (Å²) in [5, 5.41) is 6.89. The average molecular weight is 398 g/mol. The molecule has 0 unspecified atom stereocenters. The first-order chi connectivity index (χ1) is 14.2. The van der Waals surface area contributed by atoms with Crippen molar-refractivity contribution in [3.8, 4) is 0 Å². The van der Waals surface area contributed by atoms with Crippen LogP contribution in [0.4, 0.5) is 11.4 Å². The summed E-state index contributed by atoms with van der Waals surface area (Å²) < 4.78 is 0. The molecule has 4 nitrogen and oxygen atoms in total. The van der Waals surface area contributed by atoms with Crippen LogP contribution in [-0.4, -0.2) is 18.4 Å². The second-order valence-electron chi connectivity index (χ2n) is 7.01. The zero-order valence-corrected chi connectivity index (χ0v) is 16.4. The van der Waals surface area contributed by atoms with Crippen LogP contribution in [0.5, 0.6) is 0 Å². The maximum Gasteiger partial charge on any atom is 0.268 e. The molecule has 0 saturated heterocycles. The van der Waals surface area contributed by atoms with E-state index in [-0.39, 0.29) is 11.8 Å².